The molecule has 0 radical (unpaired) electrons. The van der Waals surface area contributed by atoms with Gasteiger partial charge in [-0.15, -0.1) is 0 Å². The van der Waals surface area contributed by atoms with Crippen LogP contribution in [-0.2, 0) is 0 Å². The summed E-state index contributed by atoms with van der Waals surface area (Å²) in [4.78, 5) is 0. The van der Waals surface area contributed by atoms with Crippen LogP contribution >= 0.6 is 7.26 Å². The third-order valence-corrected chi connectivity index (χ3v) is 9.13. The fraction of sp³-hybridized carbons (Fsp3) is 0.0476. The molecule has 0 saturated carbocycles. The summed E-state index contributed by atoms with van der Waals surface area (Å²) in [6.45, 7) is 0. The first-order valence-corrected chi connectivity index (χ1v) is 10.0. The zero-order valence-electron chi connectivity index (χ0n) is 13.0. The van der Waals surface area contributed by atoms with Gasteiger partial charge in [0.15, 0.2) is 0 Å². The molecule has 0 aromatic heterocycles. The molecule has 0 unspecified atom stereocenters. The zero-order valence-corrected chi connectivity index (χ0v) is 14.0. The molecule has 3 aromatic rings. The zero-order chi connectivity index (χ0) is 16.0. The summed E-state index contributed by atoms with van der Waals surface area (Å²) in [5.74, 6) is 0. The molecule has 3 rings (SSSR count). The summed E-state index contributed by atoms with van der Waals surface area (Å²) >= 11 is 0. The van der Waals surface area contributed by atoms with E-state index in [0.29, 0.717) is 0 Å². The molecule has 0 amide bonds. The fourth-order valence-electron chi connectivity index (χ4n) is 3.25. The Morgan fingerprint density at radius 1 is 0.609 bits per heavy atom. The molecule has 1 N–H and O–H groups in total. The van der Waals surface area contributed by atoms with Gasteiger partial charge < -0.3 is 0 Å². The van der Waals surface area contributed by atoms with E-state index in [2.05, 4.69) is 91.0 Å². The van der Waals surface area contributed by atoms with Crippen LogP contribution in [0.25, 0.3) is 0 Å². The average molecular weight is 320 g/mol. The molecule has 0 spiro atoms. The van der Waals surface area contributed by atoms with Crippen LogP contribution in [0.15, 0.2) is 103 Å². The molecule has 0 atom stereocenters. The van der Waals surface area contributed by atoms with Crippen molar-refractivity contribution in [1.82, 2.24) is 0 Å². The van der Waals surface area contributed by atoms with Crippen LogP contribution in [0.2, 0.25) is 0 Å². The Kier molecular flexibility index (Phi) is 4.90. The maximum absolute atomic E-state index is 9.31. The number of hydrogen-bond donors (Lipinski definition) is 1. The van der Waals surface area contributed by atoms with Crippen LogP contribution < -0.4 is 15.9 Å². The van der Waals surface area contributed by atoms with Gasteiger partial charge in [0.1, 0.15) is 0 Å². The molecule has 0 aliphatic carbocycles. The maximum atomic E-state index is 9.31. The molecule has 0 fully saturated rings. The van der Waals surface area contributed by atoms with Gasteiger partial charge in [0.25, 0.3) is 0 Å². The molecule has 116 valence electrons. The van der Waals surface area contributed by atoms with Crippen LogP contribution in [0.1, 0.15) is 0 Å². The number of allylic oxidation sites excluding steroid dienone is 1. The summed E-state index contributed by atoms with van der Waals surface area (Å²) < 4.78 is 0. The van der Waals surface area contributed by atoms with Gasteiger partial charge in [0, 0.05) is 0 Å². The Bertz CT molecular complexity index is 655. The summed E-state index contributed by atoms with van der Waals surface area (Å²) in [7, 11) is -2.19. The fourth-order valence-corrected chi connectivity index (χ4v) is 7.70. The van der Waals surface area contributed by atoms with Crippen molar-refractivity contribution in [3.8, 4) is 0 Å². The van der Waals surface area contributed by atoms with E-state index in [-0.39, 0.29) is 0 Å². The van der Waals surface area contributed by atoms with Gasteiger partial charge in [0.2, 0.25) is 0 Å². The molecule has 3 aromatic carbocycles. The van der Waals surface area contributed by atoms with Crippen LogP contribution in [0.4, 0.5) is 0 Å². The van der Waals surface area contributed by atoms with E-state index < -0.39 is 7.26 Å². The first-order chi connectivity index (χ1) is 11.4. The van der Waals surface area contributed by atoms with Crippen molar-refractivity contribution < 1.29 is 5.11 Å². The van der Waals surface area contributed by atoms with Gasteiger partial charge in [-0.05, 0) is 0 Å². The Balaban J connectivity index is 2.30. The van der Waals surface area contributed by atoms with Gasteiger partial charge in [0.05, 0.1) is 0 Å². The predicted molar refractivity (Wildman–Crippen MR) is 103 cm³/mol. The van der Waals surface area contributed by atoms with E-state index in [1.54, 1.807) is 0 Å². The number of hydrogen-bond acceptors (Lipinski definition) is 1. The quantitative estimate of drug-likeness (QED) is 0.560. The second kappa shape index (κ2) is 7.26. The monoisotopic (exact) mass is 320 g/mol. The minimum atomic E-state index is -2.19. The molecule has 23 heavy (non-hydrogen) atoms. The number of aliphatic hydroxyl groups is 1. The van der Waals surface area contributed by atoms with Crippen LogP contribution in [0.3, 0.4) is 0 Å². The molecule has 0 aliphatic heterocycles. The van der Waals surface area contributed by atoms with Gasteiger partial charge in [-0.1, -0.05) is 0 Å². The molecular formula is C21H21OP. The van der Waals surface area contributed by atoms with E-state index in [4.69, 9.17) is 0 Å². The molecule has 0 saturated heterocycles. The predicted octanol–water partition coefficient (Wildman–Crippen LogP) is 3.78. The van der Waals surface area contributed by atoms with E-state index >= 15 is 0 Å². The third-order valence-electron chi connectivity index (χ3n) is 4.33. The van der Waals surface area contributed by atoms with Gasteiger partial charge in [-0.3, -0.25) is 0 Å². The van der Waals surface area contributed by atoms with Crippen LogP contribution in [0, 0.1) is 0 Å². The van der Waals surface area contributed by atoms with Crippen molar-refractivity contribution in [2.24, 2.45) is 0 Å². The molecule has 1 nitrogen and oxygen atoms in total. The molecule has 0 bridgehead atoms. The Labute approximate surface area is 138 Å². The standard InChI is InChI=1S/C21H21OP/c22-17-10-18-23(19-11-4-1-5-12-19,20-13-6-2-7-14-20)21-15-8-3-9-16-21/h1-17,22-23H,18H2. The first-order valence-electron chi connectivity index (χ1n) is 7.84. The van der Waals surface area contributed by atoms with Crippen LogP contribution in [0.5, 0.6) is 0 Å². The first kappa shape index (κ1) is 15.5. The van der Waals surface area contributed by atoms with Crippen molar-refractivity contribution in [3.05, 3.63) is 103 Å². The molecule has 0 aliphatic rings. The Morgan fingerprint density at radius 2 is 0.957 bits per heavy atom. The summed E-state index contributed by atoms with van der Waals surface area (Å²) in [6, 6.07) is 32.1. The summed E-state index contributed by atoms with van der Waals surface area (Å²) in [5.41, 5.74) is 0. The van der Waals surface area contributed by atoms with Crippen molar-refractivity contribution in [3.63, 3.8) is 0 Å². The SMILES string of the molecule is OC=CC[PH](c1ccccc1)(c1ccccc1)c1ccccc1. The van der Waals surface area contributed by atoms with Gasteiger partial charge in [-0.2, -0.15) is 0 Å². The summed E-state index contributed by atoms with van der Waals surface area (Å²) in [6.07, 6.45) is 3.90. The van der Waals surface area contributed by atoms with E-state index in [0.717, 1.165) is 6.16 Å². The Hall–Kier alpha value is -2.37. The van der Waals surface area contributed by atoms with Crippen LogP contribution in [-0.4, -0.2) is 11.3 Å². The number of aliphatic hydroxyl groups excluding tert-OH is 1. The average Bonchev–Trinajstić information content (AvgIpc) is 2.65. The van der Waals surface area contributed by atoms with Crippen molar-refractivity contribution in [1.29, 1.82) is 0 Å². The second-order valence-corrected chi connectivity index (χ2v) is 9.54. The van der Waals surface area contributed by atoms with E-state index in [9.17, 15) is 5.11 Å². The normalized spacial score (nSPS) is 12.3. The number of benzene rings is 3. The minimum absolute atomic E-state index is 0.835. The van der Waals surface area contributed by atoms with Crippen molar-refractivity contribution >= 4 is 23.2 Å². The van der Waals surface area contributed by atoms with E-state index in [1.165, 1.54) is 22.2 Å². The topological polar surface area (TPSA) is 20.2 Å². The summed E-state index contributed by atoms with van der Waals surface area (Å²) in [5, 5.41) is 13.4. The van der Waals surface area contributed by atoms with E-state index in [1.807, 2.05) is 6.08 Å². The molecular weight excluding hydrogens is 299 g/mol. The van der Waals surface area contributed by atoms with Gasteiger partial charge in [-0.25, -0.2) is 0 Å². The Morgan fingerprint density at radius 3 is 1.26 bits per heavy atom. The van der Waals surface area contributed by atoms with Crippen molar-refractivity contribution in [2.45, 2.75) is 0 Å². The third kappa shape index (κ3) is 3.06. The van der Waals surface area contributed by atoms with Gasteiger partial charge >= 0.3 is 138 Å². The molecule has 0 heterocycles. The van der Waals surface area contributed by atoms with Crippen molar-refractivity contribution in [2.75, 3.05) is 6.16 Å². The second-order valence-electron chi connectivity index (χ2n) is 5.59. The molecule has 2 heteroatoms. The number of rotatable bonds is 5.